The molecule has 1 heterocycles. The summed E-state index contributed by atoms with van der Waals surface area (Å²) in [5, 5.41) is 14.6. The summed E-state index contributed by atoms with van der Waals surface area (Å²) in [6, 6.07) is 10.8. The van der Waals surface area contributed by atoms with Gasteiger partial charge in [0.1, 0.15) is 0 Å². The van der Waals surface area contributed by atoms with Crippen molar-refractivity contribution in [1.29, 1.82) is 0 Å². The first-order valence-corrected chi connectivity index (χ1v) is 7.04. The topological polar surface area (TPSA) is 103 Å². The predicted octanol–water partition coefficient (Wildman–Crippen LogP) is 2.48. The first-order valence-electron chi connectivity index (χ1n) is 7.04. The molecule has 122 valence electrons. The summed E-state index contributed by atoms with van der Waals surface area (Å²) in [5.41, 5.74) is 4.03. The molecule has 0 fully saturated rings. The Hall–Kier alpha value is -3.42. The fraction of sp³-hybridized carbons (Fsp3) is 0.125. The highest BCUT2D eigenvalue weighted by Gasteiger charge is 2.16. The molecule has 1 N–H and O–H groups in total. The fourth-order valence-corrected chi connectivity index (χ4v) is 2.13. The average molecular weight is 327 g/mol. The number of rotatable bonds is 4. The molecule has 0 saturated heterocycles. The molecule has 2 aromatic rings. The minimum absolute atomic E-state index is 0.00375. The molecular weight excluding hydrogens is 314 g/mol. The number of nitrogens with zero attached hydrogens (tertiary/aromatic N) is 2. The van der Waals surface area contributed by atoms with Crippen molar-refractivity contribution in [3.63, 3.8) is 0 Å². The van der Waals surface area contributed by atoms with Crippen LogP contribution in [0.25, 0.3) is 0 Å². The van der Waals surface area contributed by atoms with E-state index >= 15 is 0 Å². The van der Waals surface area contributed by atoms with Crippen LogP contribution in [0.5, 0.6) is 11.5 Å². The Balaban J connectivity index is 1.70. The van der Waals surface area contributed by atoms with Crippen LogP contribution in [-0.4, -0.2) is 23.3 Å². The SMILES string of the molecule is C/C(=N\NC(=O)c1ccc2c(c1)OCO2)c1ccc([N+](=O)[O-])cc1. The Morgan fingerprint density at radius 3 is 2.50 bits per heavy atom. The molecule has 0 saturated carbocycles. The largest absolute Gasteiger partial charge is 0.454 e. The molecule has 1 aliphatic rings. The maximum absolute atomic E-state index is 12.1. The molecule has 0 unspecified atom stereocenters. The van der Waals surface area contributed by atoms with Crippen LogP contribution >= 0.6 is 0 Å². The van der Waals surface area contributed by atoms with Crippen LogP contribution < -0.4 is 14.9 Å². The normalized spacial score (nSPS) is 12.8. The number of non-ortho nitro benzene ring substituents is 1. The van der Waals surface area contributed by atoms with Crippen molar-refractivity contribution in [3.8, 4) is 11.5 Å². The number of carbonyl (C=O) groups is 1. The second-order valence-corrected chi connectivity index (χ2v) is 5.01. The van der Waals surface area contributed by atoms with E-state index in [4.69, 9.17) is 9.47 Å². The number of fused-ring (bicyclic) bond motifs is 1. The smallest absolute Gasteiger partial charge is 0.271 e. The monoisotopic (exact) mass is 327 g/mol. The minimum atomic E-state index is -0.475. The molecule has 0 radical (unpaired) electrons. The average Bonchev–Trinajstić information content (AvgIpc) is 3.07. The summed E-state index contributed by atoms with van der Waals surface area (Å²) in [6.45, 7) is 1.83. The van der Waals surface area contributed by atoms with E-state index in [0.717, 1.165) is 0 Å². The van der Waals surface area contributed by atoms with Crippen LogP contribution in [-0.2, 0) is 0 Å². The molecule has 2 aromatic carbocycles. The molecule has 24 heavy (non-hydrogen) atoms. The van der Waals surface area contributed by atoms with Crippen LogP contribution in [0.3, 0.4) is 0 Å². The summed E-state index contributed by atoms with van der Waals surface area (Å²) in [6.07, 6.45) is 0. The molecule has 3 rings (SSSR count). The van der Waals surface area contributed by atoms with Crippen LogP contribution in [0.2, 0.25) is 0 Å². The lowest BCUT2D eigenvalue weighted by Gasteiger charge is -2.04. The zero-order valence-electron chi connectivity index (χ0n) is 12.7. The van der Waals surface area contributed by atoms with Gasteiger partial charge in [0.15, 0.2) is 11.5 Å². The van der Waals surface area contributed by atoms with Gasteiger partial charge in [-0.05, 0) is 42.8 Å². The number of nitro groups is 1. The number of hydrazone groups is 1. The maximum Gasteiger partial charge on any atom is 0.271 e. The summed E-state index contributed by atoms with van der Waals surface area (Å²) >= 11 is 0. The lowest BCUT2D eigenvalue weighted by molar-refractivity contribution is -0.384. The van der Waals surface area contributed by atoms with Crippen molar-refractivity contribution >= 4 is 17.3 Å². The maximum atomic E-state index is 12.1. The van der Waals surface area contributed by atoms with Crippen LogP contribution in [0.15, 0.2) is 47.6 Å². The molecule has 0 atom stereocenters. The van der Waals surface area contributed by atoms with Gasteiger partial charge >= 0.3 is 0 Å². The minimum Gasteiger partial charge on any atom is -0.454 e. The lowest BCUT2D eigenvalue weighted by Crippen LogP contribution is -2.19. The lowest BCUT2D eigenvalue weighted by atomic mass is 10.1. The molecule has 1 aliphatic heterocycles. The highest BCUT2D eigenvalue weighted by Crippen LogP contribution is 2.32. The highest BCUT2D eigenvalue weighted by molar-refractivity contribution is 6.01. The van der Waals surface area contributed by atoms with E-state index in [2.05, 4.69) is 10.5 Å². The van der Waals surface area contributed by atoms with Gasteiger partial charge in [-0.15, -0.1) is 0 Å². The van der Waals surface area contributed by atoms with Crippen LogP contribution in [0, 0.1) is 10.1 Å². The van der Waals surface area contributed by atoms with Crippen molar-refractivity contribution in [1.82, 2.24) is 5.43 Å². The van der Waals surface area contributed by atoms with Gasteiger partial charge in [0, 0.05) is 17.7 Å². The van der Waals surface area contributed by atoms with Gasteiger partial charge in [-0.1, -0.05) is 0 Å². The van der Waals surface area contributed by atoms with Crippen molar-refractivity contribution in [3.05, 3.63) is 63.7 Å². The van der Waals surface area contributed by atoms with Gasteiger partial charge in [-0.2, -0.15) is 5.10 Å². The molecular formula is C16H13N3O5. The number of amides is 1. The van der Waals surface area contributed by atoms with Gasteiger partial charge in [0.2, 0.25) is 6.79 Å². The zero-order valence-corrected chi connectivity index (χ0v) is 12.7. The van der Waals surface area contributed by atoms with Crippen LogP contribution in [0.1, 0.15) is 22.8 Å². The third-order valence-corrected chi connectivity index (χ3v) is 3.46. The Bertz CT molecular complexity index is 830. The van der Waals surface area contributed by atoms with Gasteiger partial charge in [-0.25, -0.2) is 5.43 Å². The number of hydrogen-bond donors (Lipinski definition) is 1. The molecule has 0 bridgehead atoms. The van der Waals surface area contributed by atoms with Gasteiger partial charge in [0.05, 0.1) is 10.6 Å². The molecule has 0 aromatic heterocycles. The molecule has 0 aliphatic carbocycles. The number of hydrogen-bond acceptors (Lipinski definition) is 6. The van der Waals surface area contributed by atoms with E-state index in [-0.39, 0.29) is 12.5 Å². The Labute approximate surface area is 136 Å². The first-order chi connectivity index (χ1) is 11.5. The fourth-order valence-electron chi connectivity index (χ4n) is 2.13. The van der Waals surface area contributed by atoms with Crippen molar-refractivity contribution in [2.24, 2.45) is 5.10 Å². The van der Waals surface area contributed by atoms with E-state index in [1.807, 2.05) is 0 Å². The van der Waals surface area contributed by atoms with Crippen molar-refractivity contribution < 1.29 is 19.2 Å². The Kier molecular flexibility index (Phi) is 4.11. The second kappa shape index (κ2) is 6.37. The van der Waals surface area contributed by atoms with Crippen molar-refractivity contribution in [2.75, 3.05) is 6.79 Å². The number of carbonyl (C=O) groups excluding carboxylic acids is 1. The standard InChI is InChI=1S/C16H13N3O5/c1-10(11-2-5-13(6-3-11)19(21)22)17-18-16(20)12-4-7-14-15(8-12)24-9-23-14/h2-8H,9H2,1H3,(H,18,20)/b17-10+. The molecule has 1 amide bonds. The molecule has 8 nitrogen and oxygen atoms in total. The van der Waals surface area contributed by atoms with E-state index in [1.54, 1.807) is 37.3 Å². The van der Waals surface area contributed by atoms with E-state index < -0.39 is 10.8 Å². The van der Waals surface area contributed by atoms with Gasteiger partial charge in [0.25, 0.3) is 11.6 Å². The summed E-state index contributed by atoms with van der Waals surface area (Å²) < 4.78 is 10.4. The Morgan fingerprint density at radius 1 is 1.12 bits per heavy atom. The molecule has 0 spiro atoms. The zero-order chi connectivity index (χ0) is 17.1. The third kappa shape index (κ3) is 3.17. The number of ether oxygens (including phenoxy) is 2. The number of nitrogens with one attached hydrogen (secondary N) is 1. The quantitative estimate of drug-likeness (QED) is 0.528. The van der Waals surface area contributed by atoms with E-state index in [0.29, 0.717) is 28.3 Å². The van der Waals surface area contributed by atoms with E-state index in [9.17, 15) is 14.9 Å². The predicted molar refractivity (Wildman–Crippen MR) is 85.3 cm³/mol. The summed E-state index contributed by atoms with van der Waals surface area (Å²) in [4.78, 5) is 22.3. The van der Waals surface area contributed by atoms with E-state index in [1.165, 1.54) is 12.1 Å². The van der Waals surface area contributed by atoms with Crippen LogP contribution in [0.4, 0.5) is 5.69 Å². The first kappa shape index (κ1) is 15.5. The van der Waals surface area contributed by atoms with Gasteiger partial charge < -0.3 is 9.47 Å². The van der Waals surface area contributed by atoms with Crippen molar-refractivity contribution in [2.45, 2.75) is 6.92 Å². The second-order valence-electron chi connectivity index (χ2n) is 5.01. The third-order valence-electron chi connectivity index (χ3n) is 3.46. The highest BCUT2D eigenvalue weighted by atomic mass is 16.7. The van der Waals surface area contributed by atoms with Gasteiger partial charge in [-0.3, -0.25) is 14.9 Å². The Morgan fingerprint density at radius 2 is 1.79 bits per heavy atom. The number of nitro benzene ring substituents is 1. The molecule has 8 heteroatoms. The summed E-state index contributed by atoms with van der Waals surface area (Å²) in [7, 11) is 0. The number of benzene rings is 2. The summed E-state index contributed by atoms with van der Waals surface area (Å²) in [5.74, 6) is 0.713.